The van der Waals surface area contributed by atoms with Crippen LogP contribution in [0.1, 0.15) is 24.0 Å². The number of rotatable bonds is 9. The summed E-state index contributed by atoms with van der Waals surface area (Å²) in [5.41, 5.74) is 1.76. The zero-order valence-corrected chi connectivity index (χ0v) is 15.7. The van der Waals surface area contributed by atoms with Gasteiger partial charge in [-0.1, -0.05) is 60.7 Å². The predicted octanol–water partition coefficient (Wildman–Crippen LogP) is 4.47. The highest BCUT2D eigenvalue weighted by atomic mass is 35.5. The van der Waals surface area contributed by atoms with Gasteiger partial charge in [0.05, 0.1) is 0 Å². The van der Waals surface area contributed by atoms with Gasteiger partial charge < -0.3 is 9.47 Å². The molecule has 0 N–H and O–H groups in total. The lowest BCUT2D eigenvalue weighted by molar-refractivity contribution is -0.146. The van der Waals surface area contributed by atoms with Crippen molar-refractivity contribution >= 4 is 35.1 Å². The van der Waals surface area contributed by atoms with Gasteiger partial charge in [-0.2, -0.15) is 0 Å². The minimum absolute atomic E-state index is 0.159. The Hall–Kier alpha value is -2.04. The van der Waals surface area contributed by atoms with Gasteiger partial charge in [0.15, 0.2) is 0 Å². The molecule has 0 amide bonds. The fourth-order valence-electron chi connectivity index (χ4n) is 2.17. The molecule has 0 aromatic heterocycles. The smallest absolute Gasteiger partial charge is 0.324 e. The van der Waals surface area contributed by atoms with E-state index in [4.69, 9.17) is 32.7 Å². The maximum absolute atomic E-state index is 11.9. The van der Waals surface area contributed by atoms with Gasteiger partial charge in [0, 0.05) is 0 Å². The third kappa shape index (κ3) is 7.06. The Bertz CT molecular complexity index is 630. The molecule has 2 rings (SSSR count). The second-order valence-corrected chi connectivity index (χ2v) is 6.75. The number of hydrogen-bond donors (Lipinski definition) is 0. The van der Waals surface area contributed by atoms with Crippen LogP contribution in [0, 0.1) is 0 Å². The summed E-state index contributed by atoms with van der Waals surface area (Å²) < 4.78 is 10.3. The maximum Gasteiger partial charge on any atom is 0.324 e. The molecule has 6 heteroatoms. The van der Waals surface area contributed by atoms with Gasteiger partial charge in [0.2, 0.25) is 0 Å². The van der Waals surface area contributed by atoms with Crippen molar-refractivity contribution in [2.45, 2.75) is 36.8 Å². The van der Waals surface area contributed by atoms with E-state index in [1.807, 2.05) is 60.7 Å². The zero-order valence-electron chi connectivity index (χ0n) is 14.1. The van der Waals surface area contributed by atoms with Gasteiger partial charge in [-0.3, -0.25) is 9.59 Å². The van der Waals surface area contributed by atoms with E-state index in [1.54, 1.807) is 0 Å². The molecule has 2 unspecified atom stereocenters. The van der Waals surface area contributed by atoms with E-state index < -0.39 is 22.7 Å². The number of halogens is 2. The Balaban J connectivity index is 1.67. The monoisotopic (exact) mass is 394 g/mol. The first kappa shape index (κ1) is 20.3. The lowest BCUT2D eigenvalue weighted by atomic mass is 10.2. The Morgan fingerprint density at radius 2 is 1.04 bits per heavy atom. The lowest BCUT2D eigenvalue weighted by Gasteiger charge is -2.13. The molecule has 0 aliphatic heterocycles. The Morgan fingerprint density at radius 1 is 0.692 bits per heavy atom. The van der Waals surface area contributed by atoms with Crippen LogP contribution in [0.4, 0.5) is 0 Å². The maximum atomic E-state index is 11.9. The normalized spacial score (nSPS) is 12.8. The molecule has 2 atom stereocenters. The molecule has 0 radical (unpaired) electrons. The minimum atomic E-state index is -0.859. The summed E-state index contributed by atoms with van der Waals surface area (Å²) in [5.74, 6) is -1.06. The van der Waals surface area contributed by atoms with E-state index in [-0.39, 0.29) is 26.1 Å². The van der Waals surface area contributed by atoms with Gasteiger partial charge in [0.25, 0.3) is 0 Å². The zero-order chi connectivity index (χ0) is 18.8. The summed E-state index contributed by atoms with van der Waals surface area (Å²) in [4.78, 5) is 23.8. The topological polar surface area (TPSA) is 52.6 Å². The standard InChI is InChI=1S/C20H20Cl2O4/c21-17(19(23)25-13-15-7-3-1-4-8-15)11-12-18(22)20(24)26-14-16-9-5-2-6-10-16/h1-10,17-18H,11-14H2. The number of esters is 2. The van der Waals surface area contributed by atoms with Crippen molar-refractivity contribution in [1.29, 1.82) is 0 Å². The molecule has 0 saturated carbocycles. The molecule has 2 aromatic rings. The summed E-state index contributed by atoms with van der Waals surface area (Å²) in [5, 5.41) is -1.72. The Labute approximate surface area is 163 Å². The molecule has 0 bridgehead atoms. The second kappa shape index (κ2) is 10.8. The quantitative estimate of drug-likeness (QED) is 0.465. The molecule has 0 aliphatic carbocycles. The Kier molecular flexibility index (Phi) is 8.45. The van der Waals surface area contributed by atoms with E-state index in [0.717, 1.165) is 11.1 Å². The van der Waals surface area contributed by atoms with Crippen LogP contribution in [0.2, 0.25) is 0 Å². The summed E-state index contributed by atoms with van der Waals surface area (Å²) in [7, 11) is 0. The van der Waals surface area contributed by atoms with Crippen LogP contribution in [-0.2, 0) is 32.3 Å². The van der Waals surface area contributed by atoms with Gasteiger partial charge in [-0.25, -0.2) is 0 Å². The van der Waals surface area contributed by atoms with Gasteiger partial charge >= 0.3 is 11.9 Å². The molecule has 4 nitrogen and oxygen atoms in total. The van der Waals surface area contributed by atoms with E-state index in [1.165, 1.54) is 0 Å². The first-order chi connectivity index (χ1) is 12.6. The van der Waals surface area contributed by atoms with E-state index >= 15 is 0 Å². The highest BCUT2D eigenvalue weighted by Gasteiger charge is 2.23. The highest BCUT2D eigenvalue weighted by Crippen LogP contribution is 2.16. The van der Waals surface area contributed by atoms with Gasteiger partial charge in [-0.15, -0.1) is 23.2 Å². The molecule has 0 fully saturated rings. The first-order valence-electron chi connectivity index (χ1n) is 8.25. The molecular formula is C20H20Cl2O4. The summed E-state index contributed by atoms with van der Waals surface area (Å²) in [6.07, 6.45) is 0.452. The van der Waals surface area contributed by atoms with E-state index in [2.05, 4.69) is 0 Å². The van der Waals surface area contributed by atoms with Crippen LogP contribution < -0.4 is 0 Å². The number of hydrogen-bond acceptors (Lipinski definition) is 4. The molecule has 0 heterocycles. The van der Waals surface area contributed by atoms with Crippen LogP contribution in [0.3, 0.4) is 0 Å². The van der Waals surface area contributed by atoms with Crippen molar-refractivity contribution in [1.82, 2.24) is 0 Å². The van der Waals surface area contributed by atoms with Crippen molar-refractivity contribution in [3.8, 4) is 0 Å². The molecule has 2 aromatic carbocycles. The molecule has 0 aliphatic rings. The van der Waals surface area contributed by atoms with Crippen molar-refractivity contribution in [3.63, 3.8) is 0 Å². The third-order valence-corrected chi connectivity index (χ3v) is 4.43. The number of ether oxygens (including phenoxy) is 2. The molecule has 0 spiro atoms. The summed E-state index contributed by atoms with van der Waals surface area (Å²) in [6, 6.07) is 18.6. The summed E-state index contributed by atoms with van der Waals surface area (Å²) in [6.45, 7) is 0.318. The molecular weight excluding hydrogens is 375 g/mol. The molecule has 26 heavy (non-hydrogen) atoms. The van der Waals surface area contributed by atoms with Crippen molar-refractivity contribution in [2.24, 2.45) is 0 Å². The van der Waals surface area contributed by atoms with Crippen LogP contribution in [-0.4, -0.2) is 22.7 Å². The second-order valence-electron chi connectivity index (χ2n) is 5.70. The van der Waals surface area contributed by atoms with Crippen molar-refractivity contribution in [3.05, 3.63) is 71.8 Å². The molecule has 138 valence electrons. The number of alkyl halides is 2. The van der Waals surface area contributed by atoms with Gasteiger partial charge in [0.1, 0.15) is 24.0 Å². The van der Waals surface area contributed by atoms with Crippen LogP contribution in [0.25, 0.3) is 0 Å². The van der Waals surface area contributed by atoms with Crippen LogP contribution >= 0.6 is 23.2 Å². The van der Waals surface area contributed by atoms with Crippen molar-refractivity contribution in [2.75, 3.05) is 0 Å². The van der Waals surface area contributed by atoms with Crippen LogP contribution in [0.5, 0.6) is 0 Å². The lowest BCUT2D eigenvalue weighted by Crippen LogP contribution is -2.23. The minimum Gasteiger partial charge on any atom is -0.460 e. The average Bonchev–Trinajstić information content (AvgIpc) is 2.69. The number of benzene rings is 2. The fourth-order valence-corrected chi connectivity index (χ4v) is 2.54. The highest BCUT2D eigenvalue weighted by molar-refractivity contribution is 6.31. The number of carbonyl (C=O) groups excluding carboxylic acids is 2. The average molecular weight is 395 g/mol. The Morgan fingerprint density at radius 3 is 1.38 bits per heavy atom. The number of carbonyl (C=O) groups is 2. The first-order valence-corrected chi connectivity index (χ1v) is 9.13. The van der Waals surface area contributed by atoms with Crippen LogP contribution in [0.15, 0.2) is 60.7 Å². The SMILES string of the molecule is O=C(OCc1ccccc1)C(Cl)CCC(Cl)C(=O)OCc1ccccc1. The summed E-state index contributed by atoms with van der Waals surface area (Å²) >= 11 is 12.1. The van der Waals surface area contributed by atoms with Crippen molar-refractivity contribution < 1.29 is 19.1 Å². The third-order valence-electron chi connectivity index (χ3n) is 3.63. The van der Waals surface area contributed by atoms with E-state index in [9.17, 15) is 9.59 Å². The fraction of sp³-hybridized carbons (Fsp3) is 0.300. The molecule has 0 saturated heterocycles. The largest absolute Gasteiger partial charge is 0.460 e. The van der Waals surface area contributed by atoms with Gasteiger partial charge in [-0.05, 0) is 24.0 Å². The van der Waals surface area contributed by atoms with E-state index in [0.29, 0.717) is 0 Å². The predicted molar refractivity (Wildman–Crippen MR) is 101 cm³/mol.